The summed E-state index contributed by atoms with van der Waals surface area (Å²) in [5.41, 5.74) is 2.36. The maximum atomic E-state index is 14.9. The summed E-state index contributed by atoms with van der Waals surface area (Å²) in [4.78, 5) is 0. The normalized spacial score (nSPS) is 17.7. The Morgan fingerprint density at radius 3 is 1.89 bits per heavy atom. The Labute approximate surface area is 225 Å². The highest BCUT2D eigenvalue weighted by atomic mass is 19.2. The molecule has 0 aromatic heterocycles. The molecule has 0 amide bonds. The molecule has 3 rings (SSSR count). The lowest BCUT2D eigenvalue weighted by molar-refractivity contribution is 0.285. The van der Waals surface area contributed by atoms with Crippen molar-refractivity contribution in [3.63, 3.8) is 0 Å². The van der Waals surface area contributed by atoms with E-state index in [1.165, 1.54) is 102 Å². The van der Waals surface area contributed by atoms with Gasteiger partial charge in [-0.25, -0.2) is 4.39 Å². The van der Waals surface area contributed by atoms with Gasteiger partial charge in [0.05, 0.1) is 6.61 Å². The molecule has 1 nitrogen and oxygen atoms in total. The number of benzene rings is 2. The standard InChI is InChI=1S/C34H50F2O/c1-3-5-7-9-11-13-15-27-16-18-28(19-17-27)29-20-22-30(23-21-29)31-24-25-32(34(36)33(31)35)37-26-14-12-10-8-6-4-2/h20-25,27-28H,3-19,26H2,1-2H3. The molecule has 1 fully saturated rings. The second-order valence-corrected chi connectivity index (χ2v) is 11.3. The minimum Gasteiger partial charge on any atom is -0.490 e. The summed E-state index contributed by atoms with van der Waals surface area (Å²) < 4.78 is 35.1. The summed E-state index contributed by atoms with van der Waals surface area (Å²) in [5, 5.41) is 0. The zero-order valence-electron chi connectivity index (χ0n) is 23.5. The van der Waals surface area contributed by atoms with E-state index in [0.717, 1.165) is 24.3 Å². The third kappa shape index (κ3) is 9.73. The summed E-state index contributed by atoms with van der Waals surface area (Å²) in [6, 6.07) is 11.4. The van der Waals surface area contributed by atoms with Crippen LogP contribution in [-0.2, 0) is 0 Å². The molecule has 1 aliphatic rings. The topological polar surface area (TPSA) is 9.23 Å². The molecule has 206 valence electrons. The van der Waals surface area contributed by atoms with Crippen molar-refractivity contribution in [3.05, 3.63) is 53.6 Å². The summed E-state index contributed by atoms with van der Waals surface area (Å²) >= 11 is 0. The molecule has 0 aliphatic heterocycles. The number of halogens is 2. The molecule has 0 heterocycles. The van der Waals surface area contributed by atoms with E-state index in [2.05, 4.69) is 26.0 Å². The van der Waals surface area contributed by atoms with Gasteiger partial charge in [0.1, 0.15) is 0 Å². The van der Waals surface area contributed by atoms with Crippen LogP contribution in [-0.4, -0.2) is 6.61 Å². The minimum atomic E-state index is -0.878. The van der Waals surface area contributed by atoms with Crippen molar-refractivity contribution in [3.8, 4) is 16.9 Å². The summed E-state index contributed by atoms with van der Waals surface area (Å²) in [7, 11) is 0. The van der Waals surface area contributed by atoms with Crippen LogP contribution in [0.2, 0.25) is 0 Å². The van der Waals surface area contributed by atoms with Gasteiger partial charge in [0.25, 0.3) is 0 Å². The van der Waals surface area contributed by atoms with Crippen molar-refractivity contribution in [1.82, 2.24) is 0 Å². The molecule has 37 heavy (non-hydrogen) atoms. The second kappa shape index (κ2) is 16.8. The number of hydrogen-bond acceptors (Lipinski definition) is 1. The lowest BCUT2D eigenvalue weighted by atomic mass is 9.77. The first kappa shape index (κ1) is 29.7. The average Bonchev–Trinajstić information content (AvgIpc) is 2.93. The average molecular weight is 513 g/mol. The zero-order valence-corrected chi connectivity index (χ0v) is 23.5. The van der Waals surface area contributed by atoms with Crippen molar-refractivity contribution in [2.24, 2.45) is 5.92 Å². The van der Waals surface area contributed by atoms with Crippen molar-refractivity contribution < 1.29 is 13.5 Å². The number of rotatable bonds is 17. The van der Waals surface area contributed by atoms with Crippen LogP contribution in [0.25, 0.3) is 11.1 Å². The van der Waals surface area contributed by atoms with Crippen LogP contribution in [0.5, 0.6) is 5.75 Å². The van der Waals surface area contributed by atoms with E-state index in [1.807, 2.05) is 12.1 Å². The van der Waals surface area contributed by atoms with Gasteiger partial charge in [0.2, 0.25) is 5.82 Å². The molecule has 0 N–H and O–H groups in total. The largest absolute Gasteiger partial charge is 0.490 e. The van der Waals surface area contributed by atoms with Gasteiger partial charge in [-0.3, -0.25) is 0 Å². The second-order valence-electron chi connectivity index (χ2n) is 11.3. The Kier molecular flexibility index (Phi) is 13.5. The fourth-order valence-corrected chi connectivity index (χ4v) is 5.86. The van der Waals surface area contributed by atoms with Crippen LogP contribution in [0.15, 0.2) is 36.4 Å². The van der Waals surface area contributed by atoms with Gasteiger partial charge in [-0.15, -0.1) is 0 Å². The van der Waals surface area contributed by atoms with E-state index in [-0.39, 0.29) is 5.75 Å². The molecule has 0 saturated heterocycles. The summed E-state index contributed by atoms with van der Waals surface area (Å²) in [6.45, 7) is 4.90. The monoisotopic (exact) mass is 512 g/mol. The van der Waals surface area contributed by atoms with Gasteiger partial charge < -0.3 is 4.74 Å². The highest BCUT2D eigenvalue weighted by Crippen LogP contribution is 2.39. The molecule has 0 atom stereocenters. The van der Waals surface area contributed by atoms with E-state index >= 15 is 0 Å². The Morgan fingerprint density at radius 1 is 0.649 bits per heavy atom. The lowest BCUT2D eigenvalue weighted by Gasteiger charge is -2.29. The van der Waals surface area contributed by atoms with Crippen molar-refractivity contribution >= 4 is 0 Å². The zero-order chi connectivity index (χ0) is 26.3. The summed E-state index contributed by atoms with van der Waals surface area (Å²) in [5.74, 6) is -0.196. The molecule has 0 spiro atoms. The van der Waals surface area contributed by atoms with Gasteiger partial charge in [-0.2, -0.15) is 4.39 Å². The maximum Gasteiger partial charge on any atom is 0.201 e. The molecule has 0 radical (unpaired) electrons. The molecule has 1 saturated carbocycles. The quantitative estimate of drug-likeness (QED) is 0.191. The molecular weight excluding hydrogens is 462 g/mol. The fraction of sp³-hybridized carbons (Fsp3) is 0.647. The molecule has 0 unspecified atom stereocenters. The van der Waals surface area contributed by atoms with Gasteiger partial charge in [0.15, 0.2) is 11.6 Å². The van der Waals surface area contributed by atoms with Crippen LogP contribution in [0, 0.1) is 17.6 Å². The number of hydrogen-bond donors (Lipinski definition) is 0. The van der Waals surface area contributed by atoms with Crippen molar-refractivity contribution in [2.75, 3.05) is 6.61 Å². The van der Waals surface area contributed by atoms with Crippen LogP contribution < -0.4 is 4.74 Å². The first-order chi connectivity index (χ1) is 18.1. The summed E-state index contributed by atoms with van der Waals surface area (Å²) in [6.07, 6.45) is 21.6. The SMILES string of the molecule is CCCCCCCCOc1ccc(-c2ccc(C3CCC(CCCCCCCC)CC3)cc2)c(F)c1F. The lowest BCUT2D eigenvalue weighted by Crippen LogP contribution is -2.13. The third-order valence-electron chi connectivity index (χ3n) is 8.31. The van der Waals surface area contributed by atoms with Crippen molar-refractivity contribution in [2.45, 2.75) is 129 Å². The van der Waals surface area contributed by atoms with Gasteiger partial charge in [0, 0.05) is 5.56 Å². The molecule has 1 aliphatic carbocycles. The van der Waals surface area contributed by atoms with Crippen LogP contribution in [0.1, 0.15) is 134 Å². The Hall–Kier alpha value is -1.90. The maximum absolute atomic E-state index is 14.9. The van der Waals surface area contributed by atoms with E-state index in [1.54, 1.807) is 12.1 Å². The first-order valence-electron chi connectivity index (χ1n) is 15.3. The van der Waals surface area contributed by atoms with Crippen LogP contribution in [0.3, 0.4) is 0 Å². The van der Waals surface area contributed by atoms with E-state index in [0.29, 0.717) is 18.1 Å². The van der Waals surface area contributed by atoms with Gasteiger partial charge >= 0.3 is 0 Å². The highest BCUT2D eigenvalue weighted by Gasteiger charge is 2.22. The van der Waals surface area contributed by atoms with Crippen molar-refractivity contribution in [1.29, 1.82) is 0 Å². The van der Waals surface area contributed by atoms with Gasteiger partial charge in [-0.05, 0) is 67.2 Å². The Balaban J connectivity index is 1.45. The van der Waals surface area contributed by atoms with Gasteiger partial charge in [-0.1, -0.05) is 115 Å². The highest BCUT2D eigenvalue weighted by molar-refractivity contribution is 5.65. The number of unbranched alkanes of at least 4 members (excludes halogenated alkanes) is 10. The Morgan fingerprint density at radius 2 is 1.24 bits per heavy atom. The van der Waals surface area contributed by atoms with Crippen LogP contribution in [0.4, 0.5) is 8.78 Å². The van der Waals surface area contributed by atoms with E-state index in [4.69, 9.17) is 4.74 Å². The smallest absolute Gasteiger partial charge is 0.201 e. The minimum absolute atomic E-state index is 0.0177. The van der Waals surface area contributed by atoms with E-state index in [9.17, 15) is 8.78 Å². The Bertz CT molecular complexity index is 883. The third-order valence-corrected chi connectivity index (χ3v) is 8.31. The molecule has 0 bridgehead atoms. The van der Waals surface area contributed by atoms with E-state index < -0.39 is 11.6 Å². The molecule has 2 aromatic rings. The van der Waals surface area contributed by atoms with Crippen LogP contribution >= 0.6 is 0 Å². The first-order valence-corrected chi connectivity index (χ1v) is 15.3. The predicted octanol–water partition coefficient (Wildman–Crippen LogP) is 11.4. The molecular formula is C34H50F2O. The number of ether oxygens (including phenoxy) is 1. The molecule has 3 heteroatoms. The fourth-order valence-electron chi connectivity index (χ4n) is 5.86. The predicted molar refractivity (Wildman–Crippen MR) is 153 cm³/mol. The molecule has 2 aromatic carbocycles.